The molecule has 1 aromatic heterocycles. The molecule has 5 nitrogen and oxygen atoms in total. The van der Waals surface area contributed by atoms with Crippen molar-refractivity contribution in [3.63, 3.8) is 0 Å². The highest BCUT2D eigenvalue weighted by atomic mass is 35.5. The van der Waals surface area contributed by atoms with Crippen LogP contribution < -0.4 is 5.69 Å². The average Bonchev–Trinajstić information content (AvgIpc) is 2.51. The molecule has 0 aliphatic heterocycles. The van der Waals surface area contributed by atoms with Gasteiger partial charge in [-0.1, -0.05) is 17.7 Å². The fourth-order valence-electron chi connectivity index (χ4n) is 0.975. The third-order valence-electron chi connectivity index (χ3n) is 1.52. The Bertz CT molecular complexity index is 475. The molecule has 0 radical (unpaired) electrons. The first-order valence-corrected chi connectivity index (χ1v) is 3.91. The Kier molecular flexibility index (Phi) is 1.86. The number of aromatic nitrogens is 4. The molecule has 2 aromatic rings. The molecule has 1 N–H and O–H groups in total. The summed E-state index contributed by atoms with van der Waals surface area (Å²) in [6.07, 6.45) is 0. The van der Waals surface area contributed by atoms with E-state index >= 15 is 0 Å². The van der Waals surface area contributed by atoms with E-state index in [1.807, 2.05) is 0 Å². The zero-order valence-electron chi connectivity index (χ0n) is 6.44. The first kappa shape index (κ1) is 8.00. The molecule has 0 fully saturated rings. The summed E-state index contributed by atoms with van der Waals surface area (Å²) >= 11 is 5.74. The molecular weight excluding hydrogens is 192 g/mol. The van der Waals surface area contributed by atoms with Crippen LogP contribution in [-0.2, 0) is 0 Å². The Balaban J connectivity index is 2.59. The van der Waals surface area contributed by atoms with Crippen LogP contribution in [-0.4, -0.2) is 20.2 Å². The van der Waals surface area contributed by atoms with Gasteiger partial charge in [0.1, 0.15) is 0 Å². The van der Waals surface area contributed by atoms with E-state index in [2.05, 4.69) is 15.5 Å². The fourth-order valence-corrected chi connectivity index (χ4v) is 1.16. The lowest BCUT2D eigenvalue weighted by molar-refractivity contribution is 0.780. The summed E-state index contributed by atoms with van der Waals surface area (Å²) < 4.78 is 1.13. The van der Waals surface area contributed by atoms with Gasteiger partial charge in [0, 0.05) is 5.02 Å². The monoisotopic (exact) mass is 196 g/mol. The Morgan fingerprint density at radius 1 is 1.46 bits per heavy atom. The maximum absolute atomic E-state index is 11.1. The van der Waals surface area contributed by atoms with E-state index in [9.17, 15) is 4.79 Å². The van der Waals surface area contributed by atoms with Gasteiger partial charge < -0.3 is 0 Å². The van der Waals surface area contributed by atoms with E-state index in [1.54, 1.807) is 24.3 Å². The van der Waals surface area contributed by atoms with Crippen molar-refractivity contribution in [2.24, 2.45) is 0 Å². The van der Waals surface area contributed by atoms with Crippen molar-refractivity contribution in [1.82, 2.24) is 20.2 Å². The standard InChI is InChI=1S/C7H5ClN4O/c8-5-2-1-3-6(4-5)12-7(13)9-10-11-12/h1-4H,(H,9,11,13). The van der Waals surface area contributed by atoms with Gasteiger partial charge in [-0.3, -0.25) is 0 Å². The number of nitrogens with zero attached hydrogens (tertiary/aromatic N) is 3. The lowest BCUT2D eigenvalue weighted by Crippen LogP contribution is -2.15. The van der Waals surface area contributed by atoms with Crippen LogP contribution in [0.3, 0.4) is 0 Å². The van der Waals surface area contributed by atoms with Gasteiger partial charge in [-0.25, -0.2) is 9.89 Å². The van der Waals surface area contributed by atoms with Crippen molar-refractivity contribution in [3.8, 4) is 5.69 Å². The maximum Gasteiger partial charge on any atom is 0.365 e. The number of nitrogens with one attached hydrogen (secondary N) is 1. The van der Waals surface area contributed by atoms with Crippen LogP contribution >= 0.6 is 11.6 Å². The second-order valence-electron chi connectivity index (χ2n) is 2.40. The van der Waals surface area contributed by atoms with Crippen molar-refractivity contribution in [2.75, 3.05) is 0 Å². The number of hydrogen-bond donors (Lipinski definition) is 1. The highest BCUT2D eigenvalue weighted by molar-refractivity contribution is 6.30. The van der Waals surface area contributed by atoms with E-state index in [0.717, 1.165) is 4.68 Å². The van der Waals surface area contributed by atoms with E-state index < -0.39 is 0 Å². The Labute approximate surface area is 77.9 Å². The molecule has 0 saturated heterocycles. The molecule has 0 unspecified atom stereocenters. The third kappa shape index (κ3) is 1.46. The second-order valence-corrected chi connectivity index (χ2v) is 2.83. The number of hydrogen-bond acceptors (Lipinski definition) is 3. The predicted molar refractivity (Wildman–Crippen MR) is 47.0 cm³/mol. The van der Waals surface area contributed by atoms with Gasteiger partial charge >= 0.3 is 5.69 Å². The molecule has 0 aliphatic carbocycles. The smallest absolute Gasteiger partial charge is 0.244 e. The van der Waals surface area contributed by atoms with Gasteiger partial charge in [0.05, 0.1) is 5.69 Å². The summed E-state index contributed by atoms with van der Waals surface area (Å²) in [5.41, 5.74) is 0.202. The highest BCUT2D eigenvalue weighted by Crippen LogP contribution is 2.11. The molecule has 0 spiro atoms. The summed E-state index contributed by atoms with van der Waals surface area (Å²) in [7, 11) is 0. The van der Waals surface area contributed by atoms with E-state index in [4.69, 9.17) is 11.6 Å². The maximum atomic E-state index is 11.1. The quantitative estimate of drug-likeness (QED) is 0.727. The van der Waals surface area contributed by atoms with Crippen molar-refractivity contribution < 1.29 is 0 Å². The number of H-pyrrole nitrogens is 1. The lowest BCUT2D eigenvalue weighted by atomic mass is 10.3. The van der Waals surface area contributed by atoms with Crippen LogP contribution in [0, 0.1) is 0 Å². The minimum atomic E-state index is -0.387. The SMILES string of the molecule is O=c1[nH]nnn1-c1cccc(Cl)c1. The second kappa shape index (κ2) is 3.02. The molecule has 2 rings (SSSR count). The molecule has 0 atom stereocenters. The summed E-state index contributed by atoms with van der Waals surface area (Å²) in [6.45, 7) is 0. The summed E-state index contributed by atoms with van der Waals surface area (Å²) in [5, 5.41) is 9.67. The van der Waals surface area contributed by atoms with Crippen LogP contribution in [0.15, 0.2) is 29.1 Å². The van der Waals surface area contributed by atoms with Crippen LogP contribution in [0.5, 0.6) is 0 Å². The van der Waals surface area contributed by atoms with Crippen molar-refractivity contribution >= 4 is 11.6 Å². The molecule has 13 heavy (non-hydrogen) atoms. The van der Waals surface area contributed by atoms with E-state index in [-0.39, 0.29) is 5.69 Å². The van der Waals surface area contributed by atoms with Crippen LogP contribution in [0.1, 0.15) is 0 Å². The van der Waals surface area contributed by atoms with Crippen LogP contribution in [0.2, 0.25) is 5.02 Å². The molecule has 66 valence electrons. The Hall–Kier alpha value is -1.62. The minimum absolute atomic E-state index is 0.387. The fraction of sp³-hybridized carbons (Fsp3) is 0. The topological polar surface area (TPSA) is 63.6 Å². The summed E-state index contributed by atoms with van der Waals surface area (Å²) in [4.78, 5) is 11.1. The number of halogens is 1. The number of benzene rings is 1. The Morgan fingerprint density at radius 2 is 2.31 bits per heavy atom. The zero-order chi connectivity index (χ0) is 9.26. The van der Waals surface area contributed by atoms with E-state index in [1.165, 1.54) is 0 Å². The largest absolute Gasteiger partial charge is 0.365 e. The normalized spacial score (nSPS) is 10.2. The molecule has 0 saturated carbocycles. The molecule has 0 bridgehead atoms. The number of rotatable bonds is 1. The van der Waals surface area contributed by atoms with Crippen molar-refractivity contribution in [1.29, 1.82) is 0 Å². The van der Waals surface area contributed by atoms with Crippen LogP contribution in [0.25, 0.3) is 5.69 Å². The van der Waals surface area contributed by atoms with Crippen LogP contribution in [0.4, 0.5) is 0 Å². The highest BCUT2D eigenvalue weighted by Gasteiger charge is 2.01. The molecule has 0 amide bonds. The molecule has 1 aromatic carbocycles. The van der Waals surface area contributed by atoms with Gasteiger partial charge in [-0.2, -0.15) is 4.68 Å². The van der Waals surface area contributed by atoms with Crippen molar-refractivity contribution in [3.05, 3.63) is 39.8 Å². The van der Waals surface area contributed by atoms with Gasteiger partial charge in [0.25, 0.3) is 0 Å². The Morgan fingerprint density at radius 3 is 2.92 bits per heavy atom. The molecular formula is C7H5ClN4O. The zero-order valence-corrected chi connectivity index (χ0v) is 7.19. The summed E-state index contributed by atoms with van der Waals surface area (Å²) in [5.74, 6) is 0. The molecule has 0 aliphatic rings. The van der Waals surface area contributed by atoms with E-state index in [0.29, 0.717) is 10.7 Å². The van der Waals surface area contributed by atoms with Crippen molar-refractivity contribution in [2.45, 2.75) is 0 Å². The van der Waals surface area contributed by atoms with Gasteiger partial charge in [-0.05, 0) is 28.6 Å². The first-order valence-electron chi connectivity index (χ1n) is 3.54. The predicted octanol–water partition coefficient (Wildman–Crippen LogP) is 0.609. The van der Waals surface area contributed by atoms with Gasteiger partial charge in [0.15, 0.2) is 0 Å². The third-order valence-corrected chi connectivity index (χ3v) is 1.76. The summed E-state index contributed by atoms with van der Waals surface area (Å²) in [6, 6.07) is 6.80. The first-order chi connectivity index (χ1) is 6.27. The molecule has 6 heteroatoms. The molecule has 1 heterocycles. The number of tetrazole rings is 1. The van der Waals surface area contributed by atoms with Gasteiger partial charge in [0.2, 0.25) is 0 Å². The minimum Gasteiger partial charge on any atom is -0.244 e. The average molecular weight is 197 g/mol. The van der Waals surface area contributed by atoms with Gasteiger partial charge in [-0.15, -0.1) is 0 Å². The number of aromatic amines is 1. The lowest BCUT2D eigenvalue weighted by Gasteiger charge is -1.96.